The van der Waals surface area contributed by atoms with Crippen molar-refractivity contribution in [3.05, 3.63) is 202 Å². The zero-order valence-corrected chi connectivity index (χ0v) is 45.8. The molecule has 0 aliphatic heterocycles. The van der Waals surface area contributed by atoms with Crippen LogP contribution in [0.15, 0.2) is 146 Å². The van der Waals surface area contributed by atoms with Crippen molar-refractivity contribution < 1.29 is 119 Å². The lowest BCUT2D eigenvalue weighted by Crippen LogP contribution is -2.75. The van der Waals surface area contributed by atoms with Gasteiger partial charge in [-0.3, -0.25) is 4.79 Å². The molecular weight excluding hydrogens is 1250 g/mol. The summed E-state index contributed by atoms with van der Waals surface area (Å²) in [5.74, 6) is 1.28. The monoisotopic (exact) mass is 1290 g/mol. The van der Waals surface area contributed by atoms with Crippen molar-refractivity contribution in [3.63, 3.8) is 0 Å². The van der Waals surface area contributed by atoms with Crippen molar-refractivity contribution in [2.24, 2.45) is 0 Å². The van der Waals surface area contributed by atoms with Crippen LogP contribution in [0.25, 0.3) is 0 Å². The molecule has 0 N–H and O–H groups in total. The zero-order valence-electron chi connectivity index (χ0n) is 45.8. The van der Waals surface area contributed by atoms with Gasteiger partial charge in [-0.25, -0.2) is 4.98 Å². The van der Waals surface area contributed by atoms with E-state index in [1.807, 2.05) is 42.5 Å². The lowest BCUT2D eigenvalue weighted by molar-refractivity contribution is -0.683. The Balaban J connectivity index is 0.000000332. The number of aryl methyl sites for hydroxylation is 1. The van der Waals surface area contributed by atoms with Crippen LogP contribution < -0.4 is 31.2 Å². The third-order valence-corrected chi connectivity index (χ3v) is 14.1. The topological polar surface area (TPSA) is 43.1 Å². The Bertz CT molecular complexity index is 3090. The van der Waals surface area contributed by atoms with Crippen LogP contribution >= 0.6 is 0 Å². The Morgan fingerprint density at radius 1 is 0.416 bits per heavy atom. The van der Waals surface area contributed by atoms with E-state index in [-0.39, 0.29) is 12.3 Å². The van der Waals surface area contributed by atoms with Crippen LogP contribution in [0.4, 0.5) is 105 Å². The van der Waals surface area contributed by atoms with E-state index in [0.717, 1.165) is 12.2 Å². The number of carbonyl (C=O) groups is 1. The number of halogens is 24. The van der Waals surface area contributed by atoms with Crippen molar-refractivity contribution in [3.8, 4) is 11.6 Å². The van der Waals surface area contributed by atoms with Gasteiger partial charge >= 0.3 is 49.4 Å². The standard InChI is InChI=1S/C32H12BF24.C28H35N2O2/c34-25(35,36)13-1-14(26(37,38)39)6-21(5-13)33(22-7-15(27(40,41)42)2-16(8-22)28(43,44)45,23-9-17(29(46,47)48)3-18(10-23)30(49,50)51)24-11-19(31(52,53)54)4-20(12-24)32(55,56)57;1-2-3-4-5-6-7-8-10-13-24-16-18-26(19-17-24)32-28-23-30(21-20-29-28)22-27(31)25-14-11-9-12-15-25/h1-12H;9,11-12,14-21,23H,2-8,10,13,22H2,1H3/q-1;+1. The van der Waals surface area contributed by atoms with Crippen LogP contribution in [-0.2, 0) is 62.4 Å². The maximum atomic E-state index is 14.2. The largest absolute Gasteiger partial charge is 0.434 e. The first-order valence-electron chi connectivity index (χ1n) is 26.6. The number of carbonyl (C=O) groups excluding carboxylic acids is 1. The van der Waals surface area contributed by atoms with Crippen molar-refractivity contribution in [2.75, 3.05) is 0 Å². The minimum absolute atomic E-state index is 0.0538. The Hall–Kier alpha value is -7.75. The summed E-state index contributed by atoms with van der Waals surface area (Å²) in [5.41, 5.74) is -28.2. The average molecular weight is 1290 g/mol. The highest BCUT2D eigenvalue weighted by Crippen LogP contribution is 2.42. The quantitative estimate of drug-likeness (QED) is 0.0283. The molecule has 0 atom stereocenters. The van der Waals surface area contributed by atoms with Gasteiger partial charge in [0.2, 0.25) is 18.5 Å². The number of hydrogen-bond donors (Lipinski definition) is 0. The molecule has 29 heteroatoms. The number of unbranched alkanes of at least 4 members (excludes halogenated alkanes) is 7. The number of alkyl halides is 24. The van der Waals surface area contributed by atoms with Gasteiger partial charge < -0.3 is 4.74 Å². The average Bonchev–Trinajstić information content (AvgIpc) is 0.726. The lowest BCUT2D eigenvalue weighted by atomic mass is 9.12. The molecule has 7 aromatic rings. The fourth-order valence-electron chi connectivity index (χ4n) is 9.82. The molecule has 0 amide bonds. The van der Waals surface area contributed by atoms with E-state index in [0.29, 0.717) is 11.4 Å². The molecule has 0 fully saturated rings. The Morgan fingerprint density at radius 3 is 1.04 bits per heavy atom. The molecule has 4 nitrogen and oxygen atoms in total. The van der Waals surface area contributed by atoms with Gasteiger partial charge in [0, 0.05) is 5.56 Å². The van der Waals surface area contributed by atoms with Crippen LogP contribution in [0.1, 0.15) is 119 Å². The molecule has 0 bridgehead atoms. The van der Waals surface area contributed by atoms with Crippen LogP contribution in [-0.4, -0.2) is 16.9 Å². The van der Waals surface area contributed by atoms with Gasteiger partial charge in [-0.2, -0.15) is 132 Å². The summed E-state index contributed by atoms with van der Waals surface area (Å²) in [7, 11) is 0. The summed E-state index contributed by atoms with van der Waals surface area (Å²) in [5, 5.41) is 0. The number of rotatable bonds is 18. The van der Waals surface area contributed by atoms with E-state index in [9.17, 15) is 110 Å². The van der Waals surface area contributed by atoms with Crippen molar-refractivity contribution in [1.82, 2.24) is 4.98 Å². The second-order valence-corrected chi connectivity index (χ2v) is 20.5. The molecule has 0 aliphatic rings. The maximum Gasteiger partial charge on any atom is 0.416 e. The molecular formula is C60H47BF24N2O2. The first kappa shape index (κ1) is 70.3. The van der Waals surface area contributed by atoms with Gasteiger partial charge in [0.05, 0.1) is 50.7 Å². The first-order valence-corrected chi connectivity index (χ1v) is 26.6. The molecule has 1 aromatic heterocycles. The minimum Gasteiger partial charge on any atom is -0.434 e. The summed E-state index contributed by atoms with van der Waals surface area (Å²) in [6.07, 6.45) is -37.8. The molecule has 0 spiro atoms. The van der Waals surface area contributed by atoms with Gasteiger partial charge in [0.25, 0.3) is 5.88 Å². The summed E-state index contributed by atoms with van der Waals surface area (Å²) >= 11 is 0. The van der Waals surface area contributed by atoms with E-state index in [2.05, 4.69) is 24.0 Å². The van der Waals surface area contributed by atoms with E-state index < -0.39 is 195 Å². The molecule has 6 aromatic carbocycles. The van der Waals surface area contributed by atoms with E-state index >= 15 is 0 Å². The highest BCUT2D eigenvalue weighted by atomic mass is 19.4. The van der Waals surface area contributed by atoms with Crippen LogP contribution in [0.5, 0.6) is 11.6 Å². The fraction of sp³-hybridized carbons (Fsp3) is 0.317. The normalized spacial score (nSPS) is 13.0. The van der Waals surface area contributed by atoms with Gasteiger partial charge in [-0.05, 0) is 54.8 Å². The molecule has 480 valence electrons. The van der Waals surface area contributed by atoms with Crippen LogP contribution in [0.3, 0.4) is 0 Å². The van der Waals surface area contributed by atoms with Gasteiger partial charge in [-0.15, -0.1) is 0 Å². The summed E-state index contributed by atoms with van der Waals surface area (Å²) in [6, 6.07) is 8.75. The molecule has 89 heavy (non-hydrogen) atoms. The minimum atomic E-state index is -6.13. The molecule has 0 saturated heterocycles. The van der Waals surface area contributed by atoms with Crippen LogP contribution in [0.2, 0.25) is 0 Å². The SMILES string of the molecule is CCCCCCCCCCc1ccc(Oc2c[n+](CC(=O)c3ccccc3)ccn2)cc1.FC(F)(F)c1cc([B-](c2cc(C(F)(F)F)cc(C(F)(F)F)c2)(c2cc(C(F)(F)F)cc(C(F)(F)F)c2)c2cc(C(F)(F)F)cc(C(F)(F)F)c2)cc(C(F)(F)F)c1. The number of ketones is 1. The van der Waals surface area contributed by atoms with E-state index in [1.54, 1.807) is 23.2 Å². The summed E-state index contributed by atoms with van der Waals surface area (Å²) in [6.45, 7) is 2.51. The second kappa shape index (κ2) is 27.2. The molecule has 1 heterocycles. The highest BCUT2D eigenvalue weighted by Gasteiger charge is 2.47. The Kier molecular flexibility index (Phi) is 21.5. The predicted octanol–water partition coefficient (Wildman–Crippen LogP) is 17.9. The third-order valence-electron chi connectivity index (χ3n) is 14.1. The van der Waals surface area contributed by atoms with Gasteiger partial charge in [-0.1, -0.05) is 143 Å². The third kappa shape index (κ3) is 18.7. The number of hydrogen-bond acceptors (Lipinski definition) is 3. The second-order valence-electron chi connectivity index (χ2n) is 20.5. The molecule has 0 aliphatic carbocycles. The number of benzene rings is 6. The smallest absolute Gasteiger partial charge is 0.416 e. The Morgan fingerprint density at radius 2 is 0.730 bits per heavy atom. The van der Waals surface area contributed by atoms with Crippen molar-refractivity contribution >= 4 is 33.8 Å². The molecule has 0 unspecified atom stereocenters. The maximum absolute atomic E-state index is 14.2. The van der Waals surface area contributed by atoms with Crippen molar-refractivity contribution in [1.29, 1.82) is 0 Å². The molecule has 0 radical (unpaired) electrons. The number of nitrogens with zero attached hydrogens (tertiary/aromatic N) is 2. The zero-order chi connectivity index (χ0) is 66.3. The van der Waals surface area contributed by atoms with Crippen LogP contribution in [0, 0.1) is 0 Å². The highest BCUT2D eigenvalue weighted by molar-refractivity contribution is 7.20. The predicted molar refractivity (Wildman–Crippen MR) is 278 cm³/mol. The number of aromatic nitrogens is 2. The van der Waals surface area contributed by atoms with E-state index in [1.165, 1.54) is 56.9 Å². The lowest BCUT2D eigenvalue weighted by Gasteiger charge is -2.46. The van der Waals surface area contributed by atoms with Gasteiger partial charge in [0.15, 0.2) is 6.20 Å². The fourth-order valence-corrected chi connectivity index (χ4v) is 9.82. The number of ether oxygens (including phenoxy) is 1. The number of Topliss-reactive ketones (excluding diaryl/α,β-unsaturated/α-hetero) is 1. The molecule has 7 rings (SSSR count). The summed E-state index contributed by atoms with van der Waals surface area (Å²) < 4.78 is 349. The summed E-state index contributed by atoms with van der Waals surface area (Å²) in [4.78, 5) is 16.7. The van der Waals surface area contributed by atoms with E-state index in [4.69, 9.17) is 4.74 Å². The first-order chi connectivity index (χ1) is 41.0. The Labute approximate surface area is 491 Å². The van der Waals surface area contributed by atoms with Gasteiger partial charge in [0.1, 0.15) is 11.9 Å². The molecule has 0 saturated carbocycles. The van der Waals surface area contributed by atoms with Crippen molar-refractivity contribution in [2.45, 2.75) is 121 Å².